The molecule has 0 spiro atoms. The number of H-pyrrole nitrogens is 1. The average molecular weight is 242 g/mol. The highest BCUT2D eigenvalue weighted by Crippen LogP contribution is 2.35. The van der Waals surface area contributed by atoms with Crippen molar-refractivity contribution in [2.45, 2.75) is 10.1 Å². The van der Waals surface area contributed by atoms with Crippen molar-refractivity contribution < 1.29 is 0 Å². The van der Waals surface area contributed by atoms with Gasteiger partial charge in [-0.2, -0.15) is 0 Å². The van der Waals surface area contributed by atoms with Crippen LogP contribution in [-0.4, -0.2) is 15.0 Å². The maximum absolute atomic E-state index is 5.98. The molecule has 3 N–H and O–H groups in total. The van der Waals surface area contributed by atoms with Crippen LogP contribution in [0.25, 0.3) is 10.9 Å². The van der Waals surface area contributed by atoms with E-state index in [-0.39, 0.29) is 0 Å². The van der Waals surface area contributed by atoms with E-state index < -0.39 is 0 Å². The van der Waals surface area contributed by atoms with Gasteiger partial charge >= 0.3 is 0 Å². The molecule has 0 saturated carbocycles. The van der Waals surface area contributed by atoms with E-state index in [1.54, 1.807) is 18.6 Å². The Labute approximate surface area is 102 Å². The Morgan fingerprint density at radius 2 is 2.06 bits per heavy atom. The van der Waals surface area contributed by atoms with Gasteiger partial charge in [0.15, 0.2) is 5.16 Å². The molecule has 0 atom stereocenters. The van der Waals surface area contributed by atoms with E-state index in [0.717, 1.165) is 21.0 Å². The minimum Gasteiger partial charge on any atom is -0.397 e. The van der Waals surface area contributed by atoms with Gasteiger partial charge in [-0.1, -0.05) is 18.2 Å². The molecule has 0 unspecified atom stereocenters. The summed E-state index contributed by atoms with van der Waals surface area (Å²) in [7, 11) is 0. The molecule has 0 fully saturated rings. The van der Waals surface area contributed by atoms with Crippen LogP contribution in [-0.2, 0) is 0 Å². The van der Waals surface area contributed by atoms with Crippen LogP contribution < -0.4 is 5.73 Å². The summed E-state index contributed by atoms with van der Waals surface area (Å²) in [6, 6.07) is 7.94. The van der Waals surface area contributed by atoms with E-state index in [4.69, 9.17) is 5.73 Å². The molecule has 2 heterocycles. The molecule has 84 valence electrons. The largest absolute Gasteiger partial charge is 0.397 e. The predicted octanol–water partition coefficient (Wildman–Crippen LogP) is 2.69. The summed E-state index contributed by atoms with van der Waals surface area (Å²) >= 11 is 1.52. The summed E-state index contributed by atoms with van der Waals surface area (Å²) in [6.07, 6.45) is 5.21. The molecule has 3 rings (SSSR count). The summed E-state index contributed by atoms with van der Waals surface area (Å²) in [5, 5.41) is 1.88. The third kappa shape index (κ3) is 1.85. The smallest absolute Gasteiger partial charge is 0.170 e. The van der Waals surface area contributed by atoms with E-state index in [0.29, 0.717) is 5.69 Å². The number of aromatic nitrogens is 3. The molecule has 1 aromatic carbocycles. The van der Waals surface area contributed by atoms with Crippen LogP contribution in [0.4, 0.5) is 5.69 Å². The lowest BCUT2D eigenvalue weighted by Gasteiger charge is -2.06. The van der Waals surface area contributed by atoms with E-state index in [1.807, 2.05) is 24.3 Å². The number of nitrogens with two attached hydrogens (primary N) is 1. The van der Waals surface area contributed by atoms with Crippen molar-refractivity contribution in [2.75, 3.05) is 5.73 Å². The highest BCUT2D eigenvalue weighted by Gasteiger charge is 2.09. The number of hydrogen-bond acceptors (Lipinski definition) is 4. The number of para-hydroxylation sites is 1. The fourth-order valence-electron chi connectivity index (χ4n) is 1.65. The first kappa shape index (κ1) is 10.2. The quantitative estimate of drug-likeness (QED) is 0.725. The lowest BCUT2D eigenvalue weighted by Crippen LogP contribution is -1.92. The third-order valence-corrected chi connectivity index (χ3v) is 3.50. The SMILES string of the molecule is Nc1cnc2ccccc2c1Sc1ncc[nH]1. The number of imidazole rings is 1. The molecule has 3 aromatic rings. The Kier molecular flexibility index (Phi) is 2.45. The molecular formula is C12H10N4S. The number of nitrogens with one attached hydrogen (secondary N) is 1. The monoisotopic (exact) mass is 242 g/mol. The van der Waals surface area contributed by atoms with Gasteiger partial charge in [-0.05, 0) is 17.8 Å². The number of pyridine rings is 1. The molecule has 0 aliphatic heterocycles. The molecule has 0 bridgehead atoms. The summed E-state index contributed by atoms with van der Waals surface area (Å²) in [5.74, 6) is 0. The number of hydrogen-bond donors (Lipinski definition) is 2. The van der Waals surface area contributed by atoms with Crippen molar-refractivity contribution in [3.05, 3.63) is 42.9 Å². The fraction of sp³-hybridized carbons (Fsp3) is 0. The minimum atomic E-state index is 0.671. The van der Waals surface area contributed by atoms with Crippen molar-refractivity contribution in [2.24, 2.45) is 0 Å². The van der Waals surface area contributed by atoms with Gasteiger partial charge in [0.25, 0.3) is 0 Å². The van der Waals surface area contributed by atoms with Crippen LogP contribution in [0.3, 0.4) is 0 Å². The van der Waals surface area contributed by atoms with Crippen molar-refractivity contribution in [3.63, 3.8) is 0 Å². The molecule has 0 aliphatic rings. The van der Waals surface area contributed by atoms with Crippen LogP contribution in [0, 0.1) is 0 Å². The normalized spacial score (nSPS) is 10.8. The zero-order valence-electron chi connectivity index (χ0n) is 8.92. The van der Waals surface area contributed by atoms with E-state index >= 15 is 0 Å². The Bertz CT molecular complexity index is 649. The number of rotatable bonds is 2. The van der Waals surface area contributed by atoms with Crippen LogP contribution in [0.5, 0.6) is 0 Å². The van der Waals surface area contributed by atoms with Gasteiger partial charge in [0.1, 0.15) is 0 Å². The second kappa shape index (κ2) is 4.10. The van der Waals surface area contributed by atoms with Crippen molar-refractivity contribution >= 4 is 28.4 Å². The van der Waals surface area contributed by atoms with Gasteiger partial charge in [-0.3, -0.25) is 4.98 Å². The highest BCUT2D eigenvalue weighted by molar-refractivity contribution is 7.99. The standard InChI is InChI=1S/C12H10N4S/c13-9-7-16-10-4-2-1-3-8(10)11(9)17-12-14-5-6-15-12/h1-7H,13H2,(H,14,15). The zero-order chi connectivity index (χ0) is 11.7. The van der Waals surface area contributed by atoms with Gasteiger partial charge in [0, 0.05) is 22.7 Å². The summed E-state index contributed by atoms with van der Waals surface area (Å²) in [5.41, 5.74) is 7.59. The summed E-state index contributed by atoms with van der Waals surface area (Å²) in [6.45, 7) is 0. The summed E-state index contributed by atoms with van der Waals surface area (Å²) < 4.78 is 0. The lowest BCUT2D eigenvalue weighted by molar-refractivity contribution is 1.06. The molecular weight excluding hydrogens is 232 g/mol. The molecule has 0 saturated heterocycles. The summed E-state index contributed by atoms with van der Waals surface area (Å²) in [4.78, 5) is 12.5. The first-order valence-corrected chi connectivity index (χ1v) is 5.97. The number of benzene rings is 1. The molecule has 4 nitrogen and oxygen atoms in total. The Hall–Kier alpha value is -2.01. The average Bonchev–Trinajstić information content (AvgIpc) is 2.86. The van der Waals surface area contributed by atoms with Crippen LogP contribution in [0.2, 0.25) is 0 Å². The number of aromatic amines is 1. The van der Waals surface area contributed by atoms with Crippen LogP contribution in [0.1, 0.15) is 0 Å². The van der Waals surface area contributed by atoms with Crippen molar-refractivity contribution in [3.8, 4) is 0 Å². The minimum absolute atomic E-state index is 0.671. The molecule has 0 radical (unpaired) electrons. The predicted molar refractivity (Wildman–Crippen MR) is 68.9 cm³/mol. The molecule has 17 heavy (non-hydrogen) atoms. The van der Waals surface area contributed by atoms with Crippen molar-refractivity contribution in [1.29, 1.82) is 0 Å². The van der Waals surface area contributed by atoms with Gasteiger partial charge in [0.2, 0.25) is 0 Å². The highest BCUT2D eigenvalue weighted by atomic mass is 32.2. The molecule has 2 aromatic heterocycles. The van der Waals surface area contributed by atoms with Gasteiger partial charge in [0.05, 0.1) is 17.4 Å². The number of nitrogens with zero attached hydrogens (tertiary/aromatic N) is 2. The number of fused-ring (bicyclic) bond motifs is 1. The molecule has 0 aliphatic carbocycles. The van der Waals surface area contributed by atoms with Crippen molar-refractivity contribution in [1.82, 2.24) is 15.0 Å². The Morgan fingerprint density at radius 1 is 1.18 bits per heavy atom. The Morgan fingerprint density at radius 3 is 2.88 bits per heavy atom. The first-order chi connectivity index (χ1) is 8.34. The maximum atomic E-state index is 5.98. The topological polar surface area (TPSA) is 67.6 Å². The number of nitrogen functional groups attached to an aromatic ring is 1. The van der Waals surface area contributed by atoms with Gasteiger partial charge in [-0.15, -0.1) is 0 Å². The van der Waals surface area contributed by atoms with Crippen LogP contribution in [0.15, 0.2) is 52.9 Å². The van der Waals surface area contributed by atoms with E-state index in [1.165, 1.54) is 11.8 Å². The van der Waals surface area contributed by atoms with Crippen LogP contribution >= 0.6 is 11.8 Å². The zero-order valence-corrected chi connectivity index (χ0v) is 9.74. The number of anilines is 1. The first-order valence-electron chi connectivity index (χ1n) is 5.15. The fourth-order valence-corrected chi connectivity index (χ4v) is 2.54. The Balaban J connectivity index is 2.17. The van der Waals surface area contributed by atoms with E-state index in [2.05, 4.69) is 15.0 Å². The van der Waals surface area contributed by atoms with Gasteiger partial charge < -0.3 is 10.7 Å². The molecule has 0 amide bonds. The second-order valence-corrected chi connectivity index (χ2v) is 4.56. The third-order valence-electron chi connectivity index (χ3n) is 2.43. The van der Waals surface area contributed by atoms with E-state index in [9.17, 15) is 0 Å². The second-order valence-electron chi connectivity index (χ2n) is 3.56. The van der Waals surface area contributed by atoms with Gasteiger partial charge in [-0.25, -0.2) is 4.98 Å². The molecule has 5 heteroatoms. The maximum Gasteiger partial charge on any atom is 0.170 e. The lowest BCUT2D eigenvalue weighted by atomic mass is 10.2.